The molecule has 3 rings (SSSR count). The van der Waals surface area contributed by atoms with Gasteiger partial charge in [-0.25, -0.2) is 0 Å². The van der Waals surface area contributed by atoms with Gasteiger partial charge in [0.25, 0.3) is 5.91 Å². The van der Waals surface area contributed by atoms with Crippen molar-refractivity contribution in [3.63, 3.8) is 0 Å². The summed E-state index contributed by atoms with van der Waals surface area (Å²) in [6.07, 6.45) is 4.05. The molecule has 0 aliphatic carbocycles. The molecule has 0 saturated carbocycles. The lowest BCUT2D eigenvalue weighted by molar-refractivity contribution is 0.0626. The lowest BCUT2D eigenvalue weighted by Gasteiger charge is -2.34. The van der Waals surface area contributed by atoms with Crippen LogP contribution in [0.4, 0.5) is 0 Å². The molecule has 136 valence electrons. The third kappa shape index (κ3) is 3.76. The Morgan fingerprint density at radius 3 is 2.40 bits per heavy atom. The van der Waals surface area contributed by atoms with Crippen molar-refractivity contribution in [3.05, 3.63) is 35.0 Å². The summed E-state index contributed by atoms with van der Waals surface area (Å²) in [5.41, 5.74) is 2.48. The summed E-state index contributed by atoms with van der Waals surface area (Å²) in [5, 5.41) is 8.34. The summed E-state index contributed by atoms with van der Waals surface area (Å²) in [6.45, 7) is 14.0. The van der Waals surface area contributed by atoms with Crippen molar-refractivity contribution in [2.75, 3.05) is 26.2 Å². The van der Waals surface area contributed by atoms with Crippen LogP contribution in [0.25, 0.3) is 0 Å². The van der Waals surface area contributed by atoms with Crippen LogP contribution in [0.3, 0.4) is 0 Å². The molecule has 1 fully saturated rings. The van der Waals surface area contributed by atoms with E-state index < -0.39 is 0 Å². The van der Waals surface area contributed by atoms with Gasteiger partial charge in [0.1, 0.15) is 11.3 Å². The molecule has 0 unspecified atom stereocenters. The first-order valence-corrected chi connectivity index (χ1v) is 8.74. The van der Waals surface area contributed by atoms with Gasteiger partial charge in [-0.15, -0.1) is 0 Å². The number of hydrogen-bond acceptors (Lipinski definition) is 5. The molecule has 7 nitrogen and oxygen atoms in total. The highest BCUT2D eigenvalue weighted by Crippen LogP contribution is 2.18. The second kappa shape index (κ2) is 6.63. The van der Waals surface area contributed by atoms with E-state index in [1.54, 1.807) is 6.92 Å². The monoisotopic (exact) mass is 345 g/mol. The van der Waals surface area contributed by atoms with Crippen molar-refractivity contribution in [1.82, 2.24) is 24.7 Å². The van der Waals surface area contributed by atoms with Crippen LogP contribution < -0.4 is 0 Å². The van der Waals surface area contributed by atoms with Crippen LogP contribution in [0, 0.1) is 13.8 Å². The largest absolute Gasteiger partial charge is 0.361 e. The van der Waals surface area contributed by atoms with E-state index in [0.29, 0.717) is 17.0 Å². The van der Waals surface area contributed by atoms with Gasteiger partial charge in [0.2, 0.25) is 0 Å². The molecule has 3 heterocycles. The summed E-state index contributed by atoms with van der Waals surface area (Å²) in [5.74, 6) is 0.621. The highest BCUT2D eigenvalue weighted by molar-refractivity contribution is 5.96. The predicted octanol–water partition coefficient (Wildman–Crippen LogP) is 2.20. The third-order valence-corrected chi connectivity index (χ3v) is 4.64. The summed E-state index contributed by atoms with van der Waals surface area (Å²) < 4.78 is 7.12. The number of aryl methyl sites for hydroxylation is 2. The second-order valence-corrected chi connectivity index (χ2v) is 7.73. The van der Waals surface area contributed by atoms with Crippen molar-refractivity contribution in [2.24, 2.45) is 0 Å². The van der Waals surface area contributed by atoms with Crippen LogP contribution in [0.5, 0.6) is 0 Å². The second-order valence-electron chi connectivity index (χ2n) is 7.73. The first kappa shape index (κ1) is 17.7. The number of piperazine rings is 1. The molecule has 7 heteroatoms. The van der Waals surface area contributed by atoms with Gasteiger partial charge in [0.15, 0.2) is 0 Å². The minimum absolute atomic E-state index is 0.00227. The van der Waals surface area contributed by atoms with Gasteiger partial charge in [-0.05, 0) is 34.6 Å². The summed E-state index contributed by atoms with van der Waals surface area (Å²) in [6, 6.07) is 0. The Labute approximate surface area is 148 Å². The van der Waals surface area contributed by atoms with E-state index in [4.69, 9.17) is 4.52 Å². The predicted molar refractivity (Wildman–Crippen MR) is 94.4 cm³/mol. The average molecular weight is 345 g/mol. The Bertz CT molecular complexity index is 728. The number of nitrogens with zero attached hydrogens (tertiary/aromatic N) is 5. The number of aromatic nitrogens is 3. The van der Waals surface area contributed by atoms with Gasteiger partial charge >= 0.3 is 0 Å². The van der Waals surface area contributed by atoms with E-state index in [-0.39, 0.29) is 11.4 Å². The van der Waals surface area contributed by atoms with Crippen LogP contribution in [-0.4, -0.2) is 56.8 Å². The SMILES string of the molecule is Cc1noc(C)c1C(=O)N1CCN(Cc2cnn(C(C)(C)C)c2)CC1. The molecule has 25 heavy (non-hydrogen) atoms. The third-order valence-electron chi connectivity index (χ3n) is 4.64. The molecule has 0 atom stereocenters. The summed E-state index contributed by atoms with van der Waals surface area (Å²) in [7, 11) is 0. The first-order valence-electron chi connectivity index (χ1n) is 8.74. The molecule has 2 aromatic heterocycles. The normalized spacial score (nSPS) is 16.4. The first-order chi connectivity index (χ1) is 11.8. The molecule has 0 spiro atoms. The fraction of sp³-hybridized carbons (Fsp3) is 0.611. The molecule has 0 radical (unpaired) electrons. The maximum absolute atomic E-state index is 12.7. The number of carbonyl (C=O) groups excluding carboxylic acids is 1. The van der Waals surface area contributed by atoms with E-state index in [2.05, 4.69) is 42.1 Å². The van der Waals surface area contributed by atoms with Crippen molar-refractivity contribution >= 4 is 5.91 Å². The Morgan fingerprint density at radius 2 is 1.88 bits per heavy atom. The van der Waals surface area contributed by atoms with Crippen molar-refractivity contribution in [3.8, 4) is 0 Å². The number of amides is 1. The zero-order valence-corrected chi connectivity index (χ0v) is 15.7. The number of rotatable bonds is 3. The van der Waals surface area contributed by atoms with Gasteiger partial charge in [0, 0.05) is 44.5 Å². The van der Waals surface area contributed by atoms with E-state index in [9.17, 15) is 4.79 Å². The maximum Gasteiger partial charge on any atom is 0.259 e. The Hall–Kier alpha value is -2.15. The van der Waals surface area contributed by atoms with Crippen molar-refractivity contribution < 1.29 is 9.32 Å². The quantitative estimate of drug-likeness (QED) is 0.853. The van der Waals surface area contributed by atoms with E-state index >= 15 is 0 Å². The molecular formula is C18H27N5O2. The highest BCUT2D eigenvalue weighted by Gasteiger charge is 2.27. The molecule has 1 aliphatic heterocycles. The van der Waals surface area contributed by atoms with Crippen LogP contribution in [0.15, 0.2) is 16.9 Å². The lowest BCUT2D eigenvalue weighted by atomic mass is 10.1. The highest BCUT2D eigenvalue weighted by atomic mass is 16.5. The van der Waals surface area contributed by atoms with Crippen molar-refractivity contribution in [1.29, 1.82) is 0 Å². The van der Waals surface area contributed by atoms with Gasteiger partial charge in [-0.3, -0.25) is 14.4 Å². The van der Waals surface area contributed by atoms with E-state index in [1.165, 1.54) is 5.56 Å². The molecule has 0 N–H and O–H groups in total. The number of carbonyl (C=O) groups is 1. The lowest BCUT2D eigenvalue weighted by Crippen LogP contribution is -2.48. The topological polar surface area (TPSA) is 67.4 Å². The van der Waals surface area contributed by atoms with Crippen LogP contribution in [0.1, 0.15) is 48.1 Å². The molecule has 2 aromatic rings. The zero-order chi connectivity index (χ0) is 18.2. The minimum atomic E-state index is -0.00227. The molecule has 0 bridgehead atoms. The van der Waals surface area contributed by atoms with Gasteiger partial charge in [0.05, 0.1) is 17.4 Å². The maximum atomic E-state index is 12.7. The van der Waals surface area contributed by atoms with Gasteiger partial charge in [-0.1, -0.05) is 5.16 Å². The smallest absolute Gasteiger partial charge is 0.259 e. The number of hydrogen-bond donors (Lipinski definition) is 0. The fourth-order valence-electron chi connectivity index (χ4n) is 3.12. The molecule has 0 aromatic carbocycles. The molecule has 1 amide bonds. The van der Waals surface area contributed by atoms with Gasteiger partial charge in [-0.2, -0.15) is 5.10 Å². The van der Waals surface area contributed by atoms with Gasteiger partial charge < -0.3 is 9.42 Å². The minimum Gasteiger partial charge on any atom is -0.361 e. The fourth-order valence-corrected chi connectivity index (χ4v) is 3.12. The van der Waals surface area contributed by atoms with Crippen LogP contribution >= 0.6 is 0 Å². The molecule has 1 saturated heterocycles. The van der Waals surface area contributed by atoms with Crippen LogP contribution in [0.2, 0.25) is 0 Å². The zero-order valence-electron chi connectivity index (χ0n) is 15.7. The molecule has 1 aliphatic rings. The Kier molecular flexibility index (Phi) is 4.69. The Balaban J connectivity index is 1.57. The summed E-state index contributed by atoms with van der Waals surface area (Å²) >= 11 is 0. The Morgan fingerprint density at radius 1 is 1.20 bits per heavy atom. The van der Waals surface area contributed by atoms with Crippen LogP contribution in [-0.2, 0) is 12.1 Å². The van der Waals surface area contributed by atoms with E-state index in [1.807, 2.05) is 22.7 Å². The van der Waals surface area contributed by atoms with Crippen molar-refractivity contribution in [2.45, 2.75) is 46.7 Å². The average Bonchev–Trinajstić information content (AvgIpc) is 3.14. The summed E-state index contributed by atoms with van der Waals surface area (Å²) in [4.78, 5) is 16.9. The standard InChI is InChI=1S/C18H27N5O2/c1-13-16(14(2)25-20-13)17(24)22-8-6-21(7-9-22)11-15-10-19-23(12-15)18(3,4)5/h10,12H,6-9,11H2,1-5H3. The van der Waals surface area contributed by atoms with E-state index in [0.717, 1.165) is 32.7 Å². The molecular weight excluding hydrogens is 318 g/mol.